The Balaban J connectivity index is 1.08. The smallest absolute Gasteiger partial charge is 0.317 e. The Morgan fingerprint density at radius 3 is 2.30 bits per heavy atom. The van der Waals surface area contributed by atoms with Crippen molar-refractivity contribution in [2.24, 2.45) is 11.8 Å². The summed E-state index contributed by atoms with van der Waals surface area (Å²) in [5.74, 6) is 0.953. The molecular weight excluding hydrogens is 593 g/mol. The number of nitrogens with zero attached hydrogens (tertiary/aromatic N) is 3. The van der Waals surface area contributed by atoms with Gasteiger partial charge in [-0.2, -0.15) is 0 Å². The summed E-state index contributed by atoms with van der Waals surface area (Å²) in [5.41, 5.74) is 1.91. The number of nitrogens with one attached hydrogen (secondary N) is 1. The second-order valence-electron chi connectivity index (χ2n) is 13.5. The molecule has 2 aliphatic heterocycles. The van der Waals surface area contributed by atoms with E-state index in [2.05, 4.69) is 66.5 Å². The largest absolute Gasteiger partial charge is 0.331 e. The van der Waals surface area contributed by atoms with Gasteiger partial charge in [0.05, 0.1) is 10.9 Å². The standard InChI is InChI=1S/C38H46N4O3S/c1-29(35-20-12-14-30-13-10-11-19-36(30)35)39-37(43)42-26-31-21-23-41(25-32(31)27-42)24-22-38(2,33-15-6-4-7-16-33)28-40(3)46(44,45)34-17-8-5-9-18-34/h4-20,29,31-32H,21-28H2,1-3H3,(H,39,43)/t29-,31-,32+,38+/m0/s1. The number of likely N-dealkylation sites (N-methyl/N-ethyl adjacent to an activating group) is 1. The fourth-order valence-corrected chi connectivity index (χ4v) is 8.82. The van der Waals surface area contributed by atoms with E-state index in [0.29, 0.717) is 23.3 Å². The molecule has 2 amide bonds. The predicted octanol–water partition coefficient (Wildman–Crippen LogP) is 6.53. The average Bonchev–Trinajstić information content (AvgIpc) is 3.52. The summed E-state index contributed by atoms with van der Waals surface area (Å²) < 4.78 is 28.4. The van der Waals surface area contributed by atoms with E-state index in [9.17, 15) is 13.2 Å². The van der Waals surface area contributed by atoms with Crippen molar-refractivity contribution in [2.45, 2.75) is 43.0 Å². The normalized spacial score (nSPS) is 20.7. The number of carbonyl (C=O) groups excluding carboxylic acids is 1. The molecule has 242 valence electrons. The Morgan fingerprint density at radius 2 is 1.54 bits per heavy atom. The summed E-state index contributed by atoms with van der Waals surface area (Å²) in [5, 5.41) is 5.63. The molecule has 0 radical (unpaired) electrons. The summed E-state index contributed by atoms with van der Waals surface area (Å²) >= 11 is 0. The number of benzene rings is 4. The van der Waals surface area contributed by atoms with E-state index in [-0.39, 0.29) is 17.5 Å². The highest BCUT2D eigenvalue weighted by atomic mass is 32.2. The van der Waals surface area contributed by atoms with Gasteiger partial charge < -0.3 is 15.1 Å². The third-order valence-corrected chi connectivity index (χ3v) is 12.1. The Morgan fingerprint density at radius 1 is 0.891 bits per heavy atom. The quantitative estimate of drug-likeness (QED) is 0.214. The second-order valence-corrected chi connectivity index (χ2v) is 15.5. The molecule has 0 saturated carbocycles. The van der Waals surface area contributed by atoms with Crippen LogP contribution < -0.4 is 5.32 Å². The van der Waals surface area contributed by atoms with Crippen LogP contribution in [0.25, 0.3) is 10.8 Å². The number of amides is 2. The molecule has 0 unspecified atom stereocenters. The van der Waals surface area contributed by atoms with Crippen LogP contribution >= 0.6 is 0 Å². The number of likely N-dealkylation sites (tertiary alicyclic amines) is 2. The van der Waals surface area contributed by atoms with Crippen LogP contribution in [0.5, 0.6) is 0 Å². The van der Waals surface area contributed by atoms with Crippen molar-refractivity contribution < 1.29 is 13.2 Å². The molecule has 4 aromatic rings. The molecule has 6 rings (SSSR count). The van der Waals surface area contributed by atoms with Gasteiger partial charge in [-0.15, -0.1) is 0 Å². The number of hydrogen-bond donors (Lipinski definition) is 1. The molecule has 4 atom stereocenters. The molecule has 7 nitrogen and oxygen atoms in total. The maximum absolute atomic E-state index is 13.4. The monoisotopic (exact) mass is 638 g/mol. The number of fused-ring (bicyclic) bond motifs is 2. The van der Waals surface area contributed by atoms with Crippen molar-refractivity contribution >= 4 is 26.8 Å². The third-order valence-electron chi connectivity index (χ3n) is 10.3. The lowest BCUT2D eigenvalue weighted by atomic mass is 9.78. The van der Waals surface area contributed by atoms with Gasteiger partial charge in [-0.25, -0.2) is 17.5 Å². The molecule has 2 saturated heterocycles. The van der Waals surface area contributed by atoms with Gasteiger partial charge in [0.15, 0.2) is 0 Å². The molecule has 2 fully saturated rings. The zero-order valence-corrected chi connectivity index (χ0v) is 28.0. The summed E-state index contributed by atoms with van der Waals surface area (Å²) in [6, 6.07) is 33.5. The minimum Gasteiger partial charge on any atom is -0.331 e. The molecule has 2 heterocycles. The van der Waals surface area contributed by atoms with Crippen molar-refractivity contribution in [1.29, 1.82) is 0 Å². The molecule has 1 N–H and O–H groups in total. The Kier molecular flexibility index (Phi) is 9.50. The van der Waals surface area contributed by atoms with Gasteiger partial charge >= 0.3 is 6.03 Å². The first-order valence-corrected chi connectivity index (χ1v) is 17.9. The lowest BCUT2D eigenvalue weighted by molar-refractivity contribution is 0.135. The SMILES string of the molecule is C[C@H](NC(=O)N1C[C@H]2CN(CC[C@](C)(CN(C)S(=O)(=O)c3ccccc3)c3ccccc3)CC[C@H]2C1)c1cccc2ccccc12. The minimum atomic E-state index is -3.61. The molecule has 8 heteroatoms. The maximum Gasteiger partial charge on any atom is 0.317 e. The number of carbonyl (C=O) groups is 1. The van der Waals surface area contributed by atoms with Crippen molar-refractivity contribution in [3.8, 4) is 0 Å². The van der Waals surface area contributed by atoms with Gasteiger partial charge in [-0.05, 0) is 78.7 Å². The lowest BCUT2D eigenvalue weighted by Crippen LogP contribution is -2.45. The highest BCUT2D eigenvalue weighted by Gasteiger charge is 2.40. The molecule has 0 spiro atoms. The molecule has 0 bridgehead atoms. The zero-order chi connectivity index (χ0) is 32.3. The zero-order valence-electron chi connectivity index (χ0n) is 27.2. The van der Waals surface area contributed by atoms with Crippen LogP contribution in [0.2, 0.25) is 0 Å². The number of hydrogen-bond acceptors (Lipinski definition) is 4. The van der Waals surface area contributed by atoms with Crippen LogP contribution in [0.1, 0.15) is 43.9 Å². The Labute approximate surface area is 274 Å². The van der Waals surface area contributed by atoms with Crippen LogP contribution in [0.4, 0.5) is 4.79 Å². The van der Waals surface area contributed by atoms with Crippen LogP contribution in [-0.4, -0.2) is 74.9 Å². The third kappa shape index (κ3) is 6.85. The van der Waals surface area contributed by atoms with Gasteiger partial charge in [0.1, 0.15) is 0 Å². The topological polar surface area (TPSA) is 73.0 Å². The second kappa shape index (κ2) is 13.6. The van der Waals surface area contributed by atoms with Crippen molar-refractivity contribution in [3.63, 3.8) is 0 Å². The minimum absolute atomic E-state index is 0.0145. The highest BCUT2D eigenvalue weighted by molar-refractivity contribution is 7.89. The van der Waals surface area contributed by atoms with E-state index < -0.39 is 10.0 Å². The van der Waals surface area contributed by atoms with E-state index in [1.807, 2.05) is 41.3 Å². The van der Waals surface area contributed by atoms with E-state index in [0.717, 1.165) is 56.7 Å². The van der Waals surface area contributed by atoms with Gasteiger partial charge in [0.25, 0.3) is 0 Å². The summed E-state index contributed by atoms with van der Waals surface area (Å²) in [4.78, 5) is 18.3. The van der Waals surface area contributed by atoms with Crippen molar-refractivity contribution in [2.75, 3.05) is 46.3 Å². The predicted molar refractivity (Wildman–Crippen MR) is 185 cm³/mol. The Hall–Kier alpha value is -3.72. The molecule has 0 aliphatic carbocycles. The molecular formula is C38H46N4O3S. The maximum atomic E-state index is 13.4. The van der Waals surface area contributed by atoms with Gasteiger partial charge in [-0.1, -0.05) is 97.9 Å². The van der Waals surface area contributed by atoms with E-state index in [1.165, 1.54) is 15.1 Å². The fourth-order valence-electron chi connectivity index (χ4n) is 7.50. The molecule has 0 aromatic heterocycles. The average molecular weight is 639 g/mol. The van der Waals surface area contributed by atoms with Crippen LogP contribution in [0, 0.1) is 11.8 Å². The van der Waals surface area contributed by atoms with Gasteiger partial charge in [0.2, 0.25) is 10.0 Å². The Bertz CT molecular complexity index is 1740. The molecule has 46 heavy (non-hydrogen) atoms. The molecule has 2 aliphatic rings. The van der Waals surface area contributed by atoms with Crippen LogP contribution in [0.15, 0.2) is 108 Å². The van der Waals surface area contributed by atoms with E-state index in [4.69, 9.17) is 0 Å². The molecule has 4 aromatic carbocycles. The van der Waals surface area contributed by atoms with E-state index >= 15 is 0 Å². The van der Waals surface area contributed by atoms with Crippen LogP contribution in [0.3, 0.4) is 0 Å². The van der Waals surface area contributed by atoms with Gasteiger partial charge in [0, 0.05) is 38.6 Å². The van der Waals surface area contributed by atoms with Crippen LogP contribution in [-0.2, 0) is 15.4 Å². The highest BCUT2D eigenvalue weighted by Crippen LogP contribution is 2.35. The summed E-state index contributed by atoms with van der Waals surface area (Å²) in [7, 11) is -1.92. The lowest BCUT2D eigenvalue weighted by Gasteiger charge is -2.39. The fraction of sp³-hybridized carbons (Fsp3) is 0.395. The summed E-state index contributed by atoms with van der Waals surface area (Å²) in [6.07, 6.45) is 1.90. The van der Waals surface area contributed by atoms with E-state index in [1.54, 1.807) is 31.3 Å². The van der Waals surface area contributed by atoms with Crippen molar-refractivity contribution in [1.82, 2.24) is 19.4 Å². The number of piperidine rings is 1. The van der Waals surface area contributed by atoms with Crippen molar-refractivity contribution in [3.05, 3.63) is 114 Å². The van der Waals surface area contributed by atoms with Gasteiger partial charge in [-0.3, -0.25) is 0 Å². The number of rotatable bonds is 10. The summed E-state index contributed by atoms with van der Waals surface area (Å²) in [6.45, 7) is 9.03. The number of urea groups is 1. The number of sulfonamides is 1. The first-order chi connectivity index (χ1) is 22.1. The first-order valence-electron chi connectivity index (χ1n) is 16.5. The first kappa shape index (κ1) is 32.2.